The molecule has 0 unspecified atom stereocenters. The molecule has 0 amide bonds. The van der Waals surface area contributed by atoms with Crippen molar-refractivity contribution in [1.29, 1.82) is 5.26 Å². The Kier molecular flexibility index (Phi) is 5.65. The first-order chi connectivity index (χ1) is 13.0. The summed E-state index contributed by atoms with van der Waals surface area (Å²) in [7, 11) is -3.72. The van der Waals surface area contributed by atoms with Crippen LogP contribution in [0.5, 0.6) is 0 Å². The summed E-state index contributed by atoms with van der Waals surface area (Å²) in [5.74, 6) is 0. The lowest BCUT2D eigenvalue weighted by Crippen LogP contribution is -2.31. The maximum atomic E-state index is 13.1. The number of hydrogen-bond acceptors (Lipinski definition) is 4. The molecule has 0 saturated heterocycles. The van der Waals surface area contributed by atoms with Crippen molar-refractivity contribution in [1.82, 2.24) is 9.29 Å². The Labute approximate surface area is 159 Å². The third-order valence-electron chi connectivity index (χ3n) is 4.19. The van der Waals surface area contributed by atoms with Crippen LogP contribution in [0.15, 0.2) is 77.8 Å². The minimum Gasteiger partial charge on any atom is -0.235 e. The molecule has 1 heterocycles. The summed E-state index contributed by atoms with van der Waals surface area (Å²) < 4.78 is 27.6. The average molecular weight is 377 g/mol. The van der Waals surface area contributed by atoms with Crippen molar-refractivity contribution < 1.29 is 8.42 Å². The molecule has 3 aromatic rings. The van der Waals surface area contributed by atoms with E-state index in [2.05, 4.69) is 11.1 Å². The van der Waals surface area contributed by atoms with Crippen LogP contribution in [0.25, 0.3) is 11.3 Å². The molecule has 0 aliphatic carbocycles. The Balaban J connectivity index is 1.92. The van der Waals surface area contributed by atoms with E-state index < -0.39 is 10.0 Å². The molecule has 5 nitrogen and oxygen atoms in total. The summed E-state index contributed by atoms with van der Waals surface area (Å²) >= 11 is 0. The lowest BCUT2D eigenvalue weighted by molar-refractivity contribution is 0.421. The molecule has 0 fully saturated rings. The van der Waals surface area contributed by atoms with Crippen LogP contribution < -0.4 is 0 Å². The predicted molar refractivity (Wildman–Crippen MR) is 104 cm³/mol. The van der Waals surface area contributed by atoms with Gasteiger partial charge in [-0.3, -0.25) is 0 Å². The largest absolute Gasteiger partial charge is 0.260 e. The Morgan fingerprint density at radius 2 is 1.67 bits per heavy atom. The normalized spacial score (nSPS) is 11.3. The zero-order chi connectivity index (χ0) is 19.3. The van der Waals surface area contributed by atoms with Crippen molar-refractivity contribution in [2.75, 3.05) is 6.54 Å². The monoisotopic (exact) mass is 377 g/mol. The van der Waals surface area contributed by atoms with Crippen molar-refractivity contribution in [3.8, 4) is 17.3 Å². The van der Waals surface area contributed by atoms with E-state index in [4.69, 9.17) is 5.26 Å². The van der Waals surface area contributed by atoms with E-state index in [-0.39, 0.29) is 5.03 Å². The summed E-state index contributed by atoms with van der Waals surface area (Å²) in [6, 6.07) is 23.4. The highest BCUT2D eigenvalue weighted by Crippen LogP contribution is 2.22. The predicted octanol–water partition coefficient (Wildman–Crippen LogP) is 3.83. The molecule has 2 aromatic carbocycles. The molecule has 0 spiro atoms. The fraction of sp³-hybridized carbons (Fsp3) is 0.143. The average Bonchev–Trinajstić information content (AvgIpc) is 2.73. The number of rotatable bonds is 6. The summed E-state index contributed by atoms with van der Waals surface area (Å²) in [5, 5.41) is 8.92. The van der Waals surface area contributed by atoms with Gasteiger partial charge < -0.3 is 0 Å². The van der Waals surface area contributed by atoms with E-state index >= 15 is 0 Å². The summed E-state index contributed by atoms with van der Waals surface area (Å²) in [6.45, 7) is 2.45. The van der Waals surface area contributed by atoms with Crippen molar-refractivity contribution in [3.05, 3.63) is 83.9 Å². The summed E-state index contributed by atoms with van der Waals surface area (Å²) in [5.41, 5.74) is 2.78. The first-order valence-electron chi connectivity index (χ1n) is 8.56. The van der Waals surface area contributed by atoms with Gasteiger partial charge in [-0.1, -0.05) is 55.5 Å². The second-order valence-corrected chi connectivity index (χ2v) is 7.85. The molecule has 27 heavy (non-hydrogen) atoms. The molecular formula is C21H19N3O2S. The van der Waals surface area contributed by atoms with Crippen LogP contribution in [-0.4, -0.2) is 24.3 Å². The van der Waals surface area contributed by atoms with Gasteiger partial charge in [0.2, 0.25) is 0 Å². The number of nitriles is 1. The lowest BCUT2D eigenvalue weighted by atomic mass is 10.1. The number of sulfonamides is 1. The topological polar surface area (TPSA) is 74.1 Å². The standard InChI is InChI=1S/C21H19N3O2S/c1-2-24(16-18-7-4-3-5-8-18)27(25,26)21-10-6-9-20(23-21)19-13-11-17(15-22)12-14-19/h3-14H,2,16H2,1H3. The number of aromatic nitrogens is 1. The Morgan fingerprint density at radius 3 is 2.30 bits per heavy atom. The zero-order valence-corrected chi connectivity index (χ0v) is 15.7. The second-order valence-electron chi connectivity index (χ2n) is 5.97. The SMILES string of the molecule is CCN(Cc1ccccc1)S(=O)(=O)c1cccc(-c2ccc(C#N)cc2)n1. The number of benzene rings is 2. The molecule has 0 bridgehead atoms. The molecule has 0 saturated carbocycles. The third kappa shape index (κ3) is 4.22. The third-order valence-corrected chi connectivity index (χ3v) is 6.02. The molecule has 0 aliphatic rings. The van der Waals surface area contributed by atoms with Crippen molar-refractivity contribution in [3.63, 3.8) is 0 Å². The van der Waals surface area contributed by atoms with Gasteiger partial charge in [-0.15, -0.1) is 0 Å². The smallest absolute Gasteiger partial charge is 0.235 e. The Hall–Kier alpha value is -3.01. The molecule has 0 radical (unpaired) electrons. The van der Waals surface area contributed by atoms with E-state index in [1.165, 1.54) is 10.4 Å². The molecule has 0 N–H and O–H groups in total. The zero-order valence-electron chi connectivity index (χ0n) is 14.9. The molecule has 1 aromatic heterocycles. The molecule has 3 rings (SSSR count). The van der Waals surface area contributed by atoms with E-state index in [1.807, 2.05) is 37.3 Å². The van der Waals surface area contributed by atoms with E-state index in [1.54, 1.807) is 36.4 Å². The first kappa shape index (κ1) is 18.8. The lowest BCUT2D eigenvalue weighted by Gasteiger charge is -2.20. The fourth-order valence-corrected chi connectivity index (χ4v) is 4.11. The molecular weight excluding hydrogens is 358 g/mol. The highest BCUT2D eigenvalue weighted by atomic mass is 32.2. The van der Waals surface area contributed by atoms with Gasteiger partial charge >= 0.3 is 0 Å². The maximum Gasteiger partial charge on any atom is 0.260 e. The Bertz CT molecular complexity index is 1060. The molecule has 6 heteroatoms. The van der Waals surface area contributed by atoms with Gasteiger partial charge in [0.1, 0.15) is 0 Å². The number of hydrogen-bond donors (Lipinski definition) is 0. The van der Waals surface area contributed by atoms with Gasteiger partial charge in [0.15, 0.2) is 5.03 Å². The van der Waals surface area contributed by atoms with Crippen LogP contribution in [0.3, 0.4) is 0 Å². The van der Waals surface area contributed by atoms with Crippen molar-refractivity contribution >= 4 is 10.0 Å². The number of nitrogens with zero attached hydrogens (tertiary/aromatic N) is 3. The van der Waals surface area contributed by atoms with E-state index in [0.29, 0.717) is 24.3 Å². The van der Waals surface area contributed by atoms with Crippen LogP contribution in [0.1, 0.15) is 18.1 Å². The van der Waals surface area contributed by atoms with Gasteiger partial charge in [-0.05, 0) is 29.8 Å². The van der Waals surface area contributed by atoms with Gasteiger partial charge in [-0.2, -0.15) is 9.57 Å². The minimum absolute atomic E-state index is 0.0159. The van der Waals surface area contributed by atoms with Crippen LogP contribution >= 0.6 is 0 Å². The van der Waals surface area contributed by atoms with Crippen LogP contribution in [-0.2, 0) is 16.6 Å². The van der Waals surface area contributed by atoms with Gasteiger partial charge in [0.05, 0.1) is 17.3 Å². The molecule has 0 atom stereocenters. The van der Waals surface area contributed by atoms with Crippen molar-refractivity contribution in [2.24, 2.45) is 0 Å². The van der Waals surface area contributed by atoms with Gasteiger partial charge in [0, 0.05) is 18.7 Å². The molecule has 136 valence electrons. The van der Waals surface area contributed by atoms with Gasteiger partial charge in [0.25, 0.3) is 10.0 Å². The highest BCUT2D eigenvalue weighted by molar-refractivity contribution is 7.89. The fourth-order valence-electron chi connectivity index (χ4n) is 2.72. The maximum absolute atomic E-state index is 13.1. The number of pyridine rings is 1. The van der Waals surface area contributed by atoms with E-state index in [9.17, 15) is 8.42 Å². The van der Waals surface area contributed by atoms with Crippen LogP contribution in [0.2, 0.25) is 0 Å². The first-order valence-corrected chi connectivity index (χ1v) is 10.0. The van der Waals surface area contributed by atoms with Crippen LogP contribution in [0, 0.1) is 11.3 Å². The second kappa shape index (κ2) is 8.12. The van der Waals surface area contributed by atoms with Crippen LogP contribution in [0.4, 0.5) is 0 Å². The quantitative estimate of drug-likeness (QED) is 0.654. The van der Waals surface area contributed by atoms with Gasteiger partial charge in [-0.25, -0.2) is 13.4 Å². The van der Waals surface area contributed by atoms with Crippen molar-refractivity contribution in [2.45, 2.75) is 18.5 Å². The highest BCUT2D eigenvalue weighted by Gasteiger charge is 2.25. The summed E-state index contributed by atoms with van der Waals surface area (Å²) in [6.07, 6.45) is 0. The molecule has 0 aliphatic heterocycles. The summed E-state index contributed by atoms with van der Waals surface area (Å²) in [4.78, 5) is 4.37. The Morgan fingerprint density at radius 1 is 0.963 bits per heavy atom. The minimum atomic E-state index is -3.72. The van der Waals surface area contributed by atoms with E-state index in [0.717, 1.165) is 11.1 Å².